The van der Waals surface area contributed by atoms with Gasteiger partial charge in [-0.1, -0.05) is 0 Å². The fraction of sp³-hybridized carbons (Fsp3) is 0.318. The molecule has 0 unspecified atom stereocenters. The maximum atomic E-state index is 12.1. The van der Waals surface area contributed by atoms with Gasteiger partial charge in [0, 0.05) is 24.1 Å². The molecule has 0 spiro atoms. The lowest BCUT2D eigenvalue weighted by molar-refractivity contribution is -0.124. The molecule has 29 heavy (non-hydrogen) atoms. The largest absolute Gasteiger partial charge is 0.494 e. The van der Waals surface area contributed by atoms with Gasteiger partial charge in [-0.15, -0.1) is 0 Å². The van der Waals surface area contributed by atoms with E-state index in [4.69, 9.17) is 19.5 Å². The highest BCUT2D eigenvalue weighted by Crippen LogP contribution is 2.35. The van der Waals surface area contributed by atoms with Gasteiger partial charge in [0.25, 0.3) is 5.91 Å². The van der Waals surface area contributed by atoms with Crippen LogP contribution in [-0.4, -0.2) is 31.2 Å². The van der Waals surface area contributed by atoms with Crippen molar-refractivity contribution in [3.63, 3.8) is 0 Å². The van der Waals surface area contributed by atoms with E-state index in [1.807, 2.05) is 32.0 Å². The third-order valence-corrected chi connectivity index (χ3v) is 4.44. The summed E-state index contributed by atoms with van der Waals surface area (Å²) in [5, 5.41) is 11.5. The number of amides is 1. The van der Waals surface area contributed by atoms with Crippen LogP contribution in [0.1, 0.15) is 40.9 Å². The highest BCUT2D eigenvalue weighted by Gasteiger charge is 2.22. The summed E-state index contributed by atoms with van der Waals surface area (Å²) >= 11 is 0. The molecule has 1 aliphatic rings. The molecule has 0 aromatic heterocycles. The first-order valence-electron chi connectivity index (χ1n) is 9.39. The third kappa shape index (κ3) is 5.05. The zero-order valence-electron chi connectivity index (χ0n) is 16.4. The van der Waals surface area contributed by atoms with E-state index >= 15 is 0 Å². The van der Waals surface area contributed by atoms with Gasteiger partial charge in [-0.05, 0) is 50.2 Å². The molecule has 1 atom stereocenters. The summed E-state index contributed by atoms with van der Waals surface area (Å²) in [4.78, 5) is 24.1. The number of nitrogens with zero attached hydrogens (tertiary/aromatic N) is 1. The van der Waals surface area contributed by atoms with Crippen LogP contribution in [-0.2, 0) is 22.5 Å². The van der Waals surface area contributed by atoms with Crippen molar-refractivity contribution >= 4 is 11.9 Å². The van der Waals surface area contributed by atoms with Crippen molar-refractivity contribution in [3.05, 3.63) is 58.7 Å². The van der Waals surface area contributed by atoms with Crippen LogP contribution in [0, 0.1) is 11.3 Å². The standard InChI is InChI=1S/C22H22N2O5/c1-3-27-19-9-17-8-14(2)29-20(17)10-18(19)12-24-21(25)13-28-22(26)16-6-4-15(11-23)5-7-16/h4-7,9-10,14H,3,8,12-13H2,1-2H3,(H,24,25)/t14-/m0/s1. The lowest BCUT2D eigenvalue weighted by Crippen LogP contribution is -2.28. The number of nitriles is 1. The summed E-state index contributed by atoms with van der Waals surface area (Å²) in [6.45, 7) is 4.24. The van der Waals surface area contributed by atoms with E-state index < -0.39 is 18.5 Å². The topological polar surface area (TPSA) is 97.6 Å². The molecule has 0 aliphatic carbocycles. The fourth-order valence-corrected chi connectivity index (χ4v) is 3.05. The van der Waals surface area contributed by atoms with E-state index in [1.54, 1.807) is 0 Å². The van der Waals surface area contributed by atoms with Crippen LogP contribution in [0.5, 0.6) is 11.5 Å². The Hall–Kier alpha value is -3.53. The van der Waals surface area contributed by atoms with E-state index in [0.29, 0.717) is 17.9 Å². The number of carbonyl (C=O) groups excluding carboxylic acids is 2. The molecule has 0 bridgehead atoms. The van der Waals surface area contributed by atoms with Gasteiger partial charge in [0.05, 0.1) is 23.8 Å². The Morgan fingerprint density at radius 3 is 2.72 bits per heavy atom. The first-order valence-corrected chi connectivity index (χ1v) is 9.39. The summed E-state index contributed by atoms with van der Waals surface area (Å²) in [5.74, 6) is 0.458. The molecule has 0 saturated heterocycles. The Morgan fingerprint density at radius 1 is 1.28 bits per heavy atom. The van der Waals surface area contributed by atoms with Crippen molar-refractivity contribution in [1.29, 1.82) is 5.26 Å². The van der Waals surface area contributed by atoms with Crippen LogP contribution >= 0.6 is 0 Å². The molecule has 1 amide bonds. The summed E-state index contributed by atoms with van der Waals surface area (Å²) < 4.78 is 16.5. The number of hydrogen-bond acceptors (Lipinski definition) is 6. The second kappa shape index (κ2) is 9.11. The summed E-state index contributed by atoms with van der Waals surface area (Å²) in [6, 6.07) is 11.8. The smallest absolute Gasteiger partial charge is 0.338 e. The molecule has 7 heteroatoms. The van der Waals surface area contributed by atoms with E-state index in [2.05, 4.69) is 5.32 Å². The number of esters is 1. The van der Waals surface area contributed by atoms with Crippen LogP contribution in [0.4, 0.5) is 0 Å². The van der Waals surface area contributed by atoms with E-state index in [0.717, 1.165) is 23.3 Å². The predicted octanol–water partition coefficient (Wildman–Crippen LogP) is 2.75. The number of carbonyl (C=O) groups is 2. The van der Waals surface area contributed by atoms with Crippen molar-refractivity contribution < 1.29 is 23.8 Å². The zero-order valence-corrected chi connectivity index (χ0v) is 16.4. The summed E-state index contributed by atoms with van der Waals surface area (Å²) in [6.07, 6.45) is 0.943. The molecule has 0 radical (unpaired) electrons. The van der Waals surface area contributed by atoms with E-state index in [-0.39, 0.29) is 18.2 Å². The highest BCUT2D eigenvalue weighted by molar-refractivity contribution is 5.91. The molecule has 7 nitrogen and oxygen atoms in total. The van der Waals surface area contributed by atoms with Crippen LogP contribution in [0.2, 0.25) is 0 Å². The van der Waals surface area contributed by atoms with Gasteiger partial charge in [0.15, 0.2) is 6.61 Å². The second-order valence-corrected chi connectivity index (χ2v) is 6.68. The van der Waals surface area contributed by atoms with Crippen molar-refractivity contribution in [2.75, 3.05) is 13.2 Å². The Morgan fingerprint density at radius 2 is 2.03 bits per heavy atom. The van der Waals surface area contributed by atoms with Crippen molar-refractivity contribution in [1.82, 2.24) is 5.32 Å². The molecule has 150 valence electrons. The van der Waals surface area contributed by atoms with Gasteiger partial charge < -0.3 is 19.5 Å². The van der Waals surface area contributed by atoms with Gasteiger partial charge in [-0.3, -0.25) is 4.79 Å². The van der Waals surface area contributed by atoms with E-state index in [1.165, 1.54) is 24.3 Å². The molecule has 2 aromatic carbocycles. The molecule has 0 saturated carbocycles. The molecule has 1 heterocycles. The average Bonchev–Trinajstić information content (AvgIpc) is 3.09. The van der Waals surface area contributed by atoms with Gasteiger partial charge in [-0.2, -0.15) is 5.26 Å². The quantitative estimate of drug-likeness (QED) is 0.725. The normalized spacial score (nSPS) is 14.3. The SMILES string of the molecule is CCOc1cc2c(cc1CNC(=O)COC(=O)c1ccc(C#N)cc1)O[C@@H](C)C2. The van der Waals surface area contributed by atoms with Gasteiger partial charge in [0.1, 0.15) is 17.6 Å². The van der Waals surface area contributed by atoms with Crippen molar-refractivity contribution in [2.45, 2.75) is 32.9 Å². The molecule has 1 aliphatic heterocycles. The number of fused-ring (bicyclic) bond motifs is 1. The molecule has 3 rings (SSSR count). The zero-order chi connectivity index (χ0) is 20.8. The second-order valence-electron chi connectivity index (χ2n) is 6.68. The Kier molecular flexibility index (Phi) is 6.35. The monoisotopic (exact) mass is 394 g/mol. The first-order chi connectivity index (χ1) is 14.0. The van der Waals surface area contributed by atoms with Gasteiger partial charge in [-0.25, -0.2) is 4.79 Å². The number of benzene rings is 2. The van der Waals surface area contributed by atoms with Crippen LogP contribution in [0.3, 0.4) is 0 Å². The summed E-state index contributed by atoms with van der Waals surface area (Å²) in [7, 11) is 0. The maximum absolute atomic E-state index is 12.1. The Bertz CT molecular complexity index is 947. The Balaban J connectivity index is 1.55. The maximum Gasteiger partial charge on any atom is 0.338 e. The van der Waals surface area contributed by atoms with Crippen LogP contribution < -0.4 is 14.8 Å². The molecular weight excluding hydrogens is 372 g/mol. The number of hydrogen-bond donors (Lipinski definition) is 1. The minimum atomic E-state index is -0.625. The molecule has 2 aromatic rings. The minimum absolute atomic E-state index is 0.117. The average molecular weight is 394 g/mol. The van der Waals surface area contributed by atoms with Crippen LogP contribution in [0.15, 0.2) is 36.4 Å². The molecular formula is C22H22N2O5. The Labute approximate surface area is 169 Å². The van der Waals surface area contributed by atoms with E-state index in [9.17, 15) is 9.59 Å². The van der Waals surface area contributed by atoms with Crippen LogP contribution in [0.25, 0.3) is 0 Å². The highest BCUT2D eigenvalue weighted by atomic mass is 16.5. The van der Waals surface area contributed by atoms with Gasteiger partial charge in [0.2, 0.25) is 0 Å². The number of rotatable bonds is 7. The molecule has 1 N–H and O–H groups in total. The number of nitrogens with one attached hydrogen (secondary N) is 1. The molecule has 0 fully saturated rings. The summed E-state index contributed by atoms with van der Waals surface area (Å²) in [5.41, 5.74) is 2.61. The third-order valence-electron chi connectivity index (χ3n) is 4.44. The lowest BCUT2D eigenvalue weighted by atomic mass is 10.1. The van der Waals surface area contributed by atoms with Crippen molar-refractivity contribution in [2.24, 2.45) is 0 Å². The van der Waals surface area contributed by atoms with Crippen molar-refractivity contribution in [3.8, 4) is 17.6 Å². The lowest BCUT2D eigenvalue weighted by Gasteiger charge is -2.13. The predicted molar refractivity (Wildman–Crippen MR) is 105 cm³/mol. The number of ether oxygens (including phenoxy) is 3. The van der Waals surface area contributed by atoms with Gasteiger partial charge >= 0.3 is 5.97 Å². The minimum Gasteiger partial charge on any atom is -0.494 e. The fourth-order valence-electron chi connectivity index (χ4n) is 3.05. The first kappa shape index (κ1) is 20.2.